The third-order valence-corrected chi connectivity index (χ3v) is 1.68. The largest absolute Gasteiger partial charge is 0.480 e. The molecule has 0 rings (SSSR count). The number of carboxylic acids is 1. The Morgan fingerprint density at radius 1 is 1.54 bits per heavy atom. The Morgan fingerprint density at radius 3 is 2.69 bits per heavy atom. The van der Waals surface area contributed by atoms with Crippen molar-refractivity contribution in [2.24, 2.45) is 0 Å². The second-order valence-electron chi connectivity index (χ2n) is 2.88. The molecular formula is C9H19NO3. The highest BCUT2D eigenvalue weighted by atomic mass is 16.5. The van der Waals surface area contributed by atoms with E-state index in [0.717, 1.165) is 12.8 Å². The van der Waals surface area contributed by atoms with Gasteiger partial charge in [-0.05, 0) is 13.0 Å². The molecule has 4 nitrogen and oxygen atoms in total. The van der Waals surface area contributed by atoms with Crippen LogP contribution in [0.1, 0.15) is 26.7 Å². The fourth-order valence-electron chi connectivity index (χ4n) is 0.912. The van der Waals surface area contributed by atoms with Gasteiger partial charge < -0.3 is 15.2 Å². The summed E-state index contributed by atoms with van der Waals surface area (Å²) in [5.74, 6) is -0.849. The van der Waals surface area contributed by atoms with Gasteiger partial charge in [-0.2, -0.15) is 0 Å². The maximum absolute atomic E-state index is 10.6. The Morgan fingerprint density at radius 2 is 2.23 bits per heavy atom. The second kappa shape index (κ2) is 8.01. The lowest BCUT2D eigenvalue weighted by atomic mass is 10.3. The molecule has 0 fully saturated rings. The maximum Gasteiger partial charge on any atom is 0.323 e. The molecule has 78 valence electrons. The highest BCUT2D eigenvalue weighted by Crippen LogP contribution is 1.91. The number of aliphatic carboxylic acids is 1. The van der Waals surface area contributed by atoms with Gasteiger partial charge in [0.05, 0.1) is 6.61 Å². The first-order valence-corrected chi connectivity index (χ1v) is 4.76. The summed E-state index contributed by atoms with van der Waals surface area (Å²) in [6.45, 7) is 5.49. The molecule has 1 atom stereocenters. The molecule has 0 aliphatic heterocycles. The number of carboxylic acid groups (broad SMARTS) is 1. The molecule has 0 aromatic carbocycles. The van der Waals surface area contributed by atoms with Crippen LogP contribution in [-0.4, -0.2) is 36.9 Å². The fourth-order valence-corrected chi connectivity index (χ4v) is 0.912. The zero-order chi connectivity index (χ0) is 10.1. The number of rotatable bonds is 8. The molecule has 0 radical (unpaired) electrons. The van der Waals surface area contributed by atoms with E-state index in [1.54, 1.807) is 0 Å². The van der Waals surface area contributed by atoms with Crippen molar-refractivity contribution in [2.75, 3.05) is 19.8 Å². The number of likely N-dealkylation sites (N-methyl/N-ethyl adjacent to an activating group) is 1. The van der Waals surface area contributed by atoms with Crippen molar-refractivity contribution in [1.29, 1.82) is 0 Å². The quantitative estimate of drug-likeness (QED) is 0.556. The van der Waals surface area contributed by atoms with E-state index in [4.69, 9.17) is 9.84 Å². The van der Waals surface area contributed by atoms with Crippen LogP contribution < -0.4 is 5.32 Å². The number of hydrogen-bond acceptors (Lipinski definition) is 3. The molecule has 0 spiro atoms. The standard InChI is InChI=1S/C9H19NO3/c1-3-5-6-13-7-8(9(11)12)10-4-2/h8,10H,3-7H2,1-2H3,(H,11,12). The molecule has 4 heteroatoms. The van der Waals surface area contributed by atoms with Crippen molar-refractivity contribution in [2.45, 2.75) is 32.7 Å². The highest BCUT2D eigenvalue weighted by molar-refractivity contribution is 5.73. The lowest BCUT2D eigenvalue weighted by Gasteiger charge is -2.12. The minimum Gasteiger partial charge on any atom is -0.480 e. The molecule has 0 heterocycles. The van der Waals surface area contributed by atoms with Crippen LogP contribution in [0.3, 0.4) is 0 Å². The van der Waals surface area contributed by atoms with Gasteiger partial charge in [0.1, 0.15) is 6.04 Å². The lowest BCUT2D eigenvalue weighted by Crippen LogP contribution is -2.40. The van der Waals surface area contributed by atoms with Gasteiger partial charge >= 0.3 is 5.97 Å². The van der Waals surface area contributed by atoms with Gasteiger partial charge in [-0.3, -0.25) is 4.79 Å². The smallest absolute Gasteiger partial charge is 0.323 e. The highest BCUT2D eigenvalue weighted by Gasteiger charge is 2.15. The lowest BCUT2D eigenvalue weighted by molar-refractivity contribution is -0.141. The molecular weight excluding hydrogens is 170 g/mol. The summed E-state index contributed by atoms with van der Waals surface area (Å²) in [5.41, 5.74) is 0. The van der Waals surface area contributed by atoms with Crippen LogP contribution in [0.2, 0.25) is 0 Å². The molecule has 1 unspecified atom stereocenters. The van der Waals surface area contributed by atoms with Gasteiger partial charge in [-0.1, -0.05) is 20.3 Å². The number of nitrogens with one attached hydrogen (secondary N) is 1. The van der Waals surface area contributed by atoms with Gasteiger partial charge in [-0.15, -0.1) is 0 Å². The van der Waals surface area contributed by atoms with Gasteiger partial charge in [0.25, 0.3) is 0 Å². The summed E-state index contributed by atoms with van der Waals surface area (Å²) in [4.78, 5) is 10.6. The van der Waals surface area contributed by atoms with E-state index >= 15 is 0 Å². The number of unbranched alkanes of at least 4 members (excludes halogenated alkanes) is 1. The summed E-state index contributed by atoms with van der Waals surface area (Å²) >= 11 is 0. The van der Waals surface area contributed by atoms with Gasteiger partial charge in [0.2, 0.25) is 0 Å². The van der Waals surface area contributed by atoms with E-state index in [9.17, 15) is 4.79 Å². The average Bonchev–Trinajstić information content (AvgIpc) is 2.10. The SMILES string of the molecule is CCCCOCC(NCC)C(=O)O. The van der Waals surface area contributed by atoms with Crippen LogP contribution in [0.15, 0.2) is 0 Å². The topological polar surface area (TPSA) is 58.6 Å². The first kappa shape index (κ1) is 12.4. The Hall–Kier alpha value is -0.610. The molecule has 0 saturated carbocycles. The first-order valence-electron chi connectivity index (χ1n) is 4.76. The fraction of sp³-hybridized carbons (Fsp3) is 0.889. The van der Waals surface area contributed by atoms with Crippen LogP contribution in [0.4, 0.5) is 0 Å². The Balaban J connectivity index is 3.51. The summed E-state index contributed by atoms with van der Waals surface area (Å²) in [5, 5.41) is 11.6. The molecule has 0 aromatic rings. The van der Waals surface area contributed by atoms with E-state index < -0.39 is 12.0 Å². The van der Waals surface area contributed by atoms with Crippen LogP contribution >= 0.6 is 0 Å². The molecule has 0 amide bonds. The molecule has 0 aliphatic carbocycles. The molecule has 13 heavy (non-hydrogen) atoms. The van der Waals surface area contributed by atoms with Crippen molar-refractivity contribution in [3.8, 4) is 0 Å². The summed E-state index contributed by atoms with van der Waals surface area (Å²) in [6.07, 6.45) is 2.05. The number of hydrogen-bond donors (Lipinski definition) is 2. The summed E-state index contributed by atoms with van der Waals surface area (Å²) in [7, 11) is 0. The van der Waals surface area contributed by atoms with Crippen molar-refractivity contribution in [1.82, 2.24) is 5.32 Å². The van der Waals surface area contributed by atoms with Crippen molar-refractivity contribution in [3.05, 3.63) is 0 Å². The minimum absolute atomic E-state index is 0.253. The van der Waals surface area contributed by atoms with Crippen molar-refractivity contribution < 1.29 is 14.6 Å². The predicted octanol–water partition coefficient (Wildman–Crippen LogP) is 0.866. The number of carbonyl (C=O) groups is 1. The minimum atomic E-state index is -0.849. The molecule has 0 aliphatic rings. The third kappa shape index (κ3) is 6.54. The van der Waals surface area contributed by atoms with Crippen LogP contribution in [0.5, 0.6) is 0 Å². The Labute approximate surface area is 79.3 Å². The van der Waals surface area contributed by atoms with Crippen molar-refractivity contribution in [3.63, 3.8) is 0 Å². The Kier molecular flexibility index (Phi) is 7.63. The maximum atomic E-state index is 10.6. The zero-order valence-electron chi connectivity index (χ0n) is 8.38. The predicted molar refractivity (Wildman–Crippen MR) is 50.8 cm³/mol. The zero-order valence-corrected chi connectivity index (χ0v) is 8.38. The van der Waals surface area contributed by atoms with Gasteiger partial charge in [0.15, 0.2) is 0 Å². The van der Waals surface area contributed by atoms with E-state index in [2.05, 4.69) is 12.2 Å². The number of ether oxygens (including phenoxy) is 1. The normalized spacial score (nSPS) is 12.8. The Bertz CT molecular complexity index is 139. The van der Waals surface area contributed by atoms with E-state index in [0.29, 0.717) is 13.2 Å². The van der Waals surface area contributed by atoms with Crippen LogP contribution in [0, 0.1) is 0 Å². The van der Waals surface area contributed by atoms with E-state index in [1.165, 1.54) is 0 Å². The second-order valence-corrected chi connectivity index (χ2v) is 2.88. The monoisotopic (exact) mass is 189 g/mol. The molecule has 0 saturated heterocycles. The molecule has 0 bridgehead atoms. The molecule has 2 N–H and O–H groups in total. The third-order valence-electron chi connectivity index (χ3n) is 1.68. The molecule has 0 aromatic heterocycles. The summed E-state index contributed by atoms with van der Waals surface area (Å²) in [6, 6.07) is -0.568. The first-order chi connectivity index (χ1) is 6.22. The van der Waals surface area contributed by atoms with Crippen molar-refractivity contribution >= 4 is 5.97 Å². The van der Waals surface area contributed by atoms with Gasteiger partial charge in [0, 0.05) is 6.61 Å². The summed E-state index contributed by atoms with van der Waals surface area (Å²) < 4.78 is 5.21. The van der Waals surface area contributed by atoms with Crippen LogP contribution in [-0.2, 0) is 9.53 Å². The average molecular weight is 189 g/mol. The van der Waals surface area contributed by atoms with Crippen LogP contribution in [0.25, 0.3) is 0 Å². The van der Waals surface area contributed by atoms with E-state index in [1.807, 2.05) is 6.92 Å². The van der Waals surface area contributed by atoms with E-state index in [-0.39, 0.29) is 6.61 Å². The van der Waals surface area contributed by atoms with Gasteiger partial charge in [-0.25, -0.2) is 0 Å².